The van der Waals surface area contributed by atoms with E-state index in [9.17, 15) is 0 Å². The molecule has 0 unspecified atom stereocenters. The van der Waals surface area contributed by atoms with Gasteiger partial charge in [0.25, 0.3) is 0 Å². The molecule has 0 heterocycles. The van der Waals surface area contributed by atoms with Crippen molar-refractivity contribution >= 4 is 8.32 Å². The zero-order valence-electron chi connectivity index (χ0n) is 9.23. The van der Waals surface area contributed by atoms with Crippen molar-refractivity contribution in [2.24, 2.45) is 5.11 Å². The van der Waals surface area contributed by atoms with Crippen LogP contribution in [-0.2, 0) is 4.43 Å². The van der Waals surface area contributed by atoms with Gasteiger partial charge >= 0.3 is 0 Å². The lowest BCUT2D eigenvalue weighted by Gasteiger charge is -2.33. The average molecular weight is 213 g/mol. The Hall–Kier alpha value is -0.513. The SMILES string of the molecule is C[Si](C)(C)O[C@H]1CCCC[C@@H]1N=[N+]=[N-]. The predicted octanol–water partition coefficient (Wildman–Crippen LogP) is 3.46. The Labute approximate surface area is 86.4 Å². The summed E-state index contributed by atoms with van der Waals surface area (Å²) in [5.74, 6) is 0. The molecule has 1 aliphatic carbocycles. The van der Waals surface area contributed by atoms with Gasteiger partial charge in [-0.3, -0.25) is 0 Å². The quantitative estimate of drug-likeness (QED) is 0.306. The molecule has 1 aliphatic rings. The van der Waals surface area contributed by atoms with E-state index in [2.05, 4.69) is 29.7 Å². The molecule has 0 N–H and O–H groups in total. The molecule has 0 spiro atoms. The van der Waals surface area contributed by atoms with Gasteiger partial charge < -0.3 is 4.43 Å². The first-order valence-corrected chi connectivity index (χ1v) is 8.66. The normalized spacial score (nSPS) is 28.2. The van der Waals surface area contributed by atoms with E-state index in [1.807, 2.05) is 0 Å². The van der Waals surface area contributed by atoms with E-state index in [1.54, 1.807) is 0 Å². The second-order valence-electron chi connectivity index (χ2n) is 4.83. The van der Waals surface area contributed by atoms with Gasteiger partial charge in [0.1, 0.15) is 0 Å². The monoisotopic (exact) mass is 213 g/mol. The highest BCUT2D eigenvalue weighted by molar-refractivity contribution is 6.69. The first-order chi connectivity index (χ1) is 6.53. The number of hydrogen-bond acceptors (Lipinski definition) is 2. The van der Waals surface area contributed by atoms with E-state index in [0.717, 1.165) is 19.3 Å². The van der Waals surface area contributed by atoms with Gasteiger partial charge in [-0.1, -0.05) is 18.0 Å². The third-order valence-electron chi connectivity index (χ3n) is 2.37. The lowest BCUT2D eigenvalue weighted by molar-refractivity contribution is 0.125. The Bertz CT molecular complexity index is 233. The maximum atomic E-state index is 8.45. The van der Waals surface area contributed by atoms with E-state index in [4.69, 9.17) is 9.96 Å². The Balaban J connectivity index is 2.58. The first kappa shape index (κ1) is 11.6. The zero-order valence-corrected chi connectivity index (χ0v) is 10.2. The molecular weight excluding hydrogens is 194 g/mol. The molecule has 5 heteroatoms. The van der Waals surface area contributed by atoms with Gasteiger partial charge in [-0.25, -0.2) is 0 Å². The van der Waals surface area contributed by atoms with E-state index in [0.29, 0.717) is 0 Å². The Kier molecular flexibility index (Phi) is 3.98. The summed E-state index contributed by atoms with van der Waals surface area (Å²) >= 11 is 0. The second kappa shape index (κ2) is 4.82. The number of rotatable bonds is 3. The van der Waals surface area contributed by atoms with Gasteiger partial charge in [-0.2, -0.15) is 0 Å². The van der Waals surface area contributed by atoms with Crippen molar-refractivity contribution in [3.8, 4) is 0 Å². The van der Waals surface area contributed by atoms with E-state index in [1.165, 1.54) is 6.42 Å². The maximum absolute atomic E-state index is 8.45. The lowest BCUT2D eigenvalue weighted by atomic mass is 9.93. The van der Waals surface area contributed by atoms with Crippen LogP contribution in [0.4, 0.5) is 0 Å². The maximum Gasteiger partial charge on any atom is 0.184 e. The van der Waals surface area contributed by atoms with Crippen LogP contribution in [0.25, 0.3) is 10.4 Å². The van der Waals surface area contributed by atoms with E-state index < -0.39 is 8.32 Å². The zero-order chi connectivity index (χ0) is 10.6. The summed E-state index contributed by atoms with van der Waals surface area (Å²) in [6.07, 6.45) is 4.57. The first-order valence-electron chi connectivity index (χ1n) is 5.25. The van der Waals surface area contributed by atoms with Crippen LogP contribution in [0, 0.1) is 0 Å². The Morgan fingerprint density at radius 1 is 1.29 bits per heavy atom. The molecule has 80 valence electrons. The van der Waals surface area contributed by atoms with Crippen molar-refractivity contribution in [2.75, 3.05) is 0 Å². The standard InChI is InChI=1S/C9H19N3OSi/c1-14(2,3)13-9-7-5-4-6-8(9)11-12-10/h8-9H,4-7H2,1-3H3/t8-,9-/m0/s1. The summed E-state index contributed by atoms with van der Waals surface area (Å²) in [7, 11) is -1.50. The minimum absolute atomic E-state index is 0.0699. The van der Waals surface area contributed by atoms with Crippen molar-refractivity contribution in [1.29, 1.82) is 0 Å². The van der Waals surface area contributed by atoms with Crippen LogP contribution in [0.3, 0.4) is 0 Å². The summed E-state index contributed by atoms with van der Waals surface area (Å²) in [4.78, 5) is 2.90. The molecule has 0 aliphatic heterocycles. The summed E-state index contributed by atoms with van der Waals surface area (Å²) in [5, 5.41) is 3.83. The minimum Gasteiger partial charge on any atom is -0.414 e. The fourth-order valence-corrected chi connectivity index (χ4v) is 3.05. The van der Waals surface area contributed by atoms with Crippen molar-refractivity contribution in [1.82, 2.24) is 0 Å². The van der Waals surface area contributed by atoms with E-state index in [-0.39, 0.29) is 12.1 Å². The fraction of sp³-hybridized carbons (Fsp3) is 1.00. The van der Waals surface area contributed by atoms with Crippen LogP contribution in [0.15, 0.2) is 5.11 Å². The smallest absolute Gasteiger partial charge is 0.184 e. The number of nitrogens with zero attached hydrogens (tertiary/aromatic N) is 3. The third kappa shape index (κ3) is 3.70. The molecule has 14 heavy (non-hydrogen) atoms. The van der Waals surface area contributed by atoms with Crippen LogP contribution in [-0.4, -0.2) is 20.5 Å². The molecule has 0 saturated heterocycles. The van der Waals surface area contributed by atoms with Crippen molar-refractivity contribution in [3.05, 3.63) is 10.4 Å². The summed E-state index contributed by atoms with van der Waals surface area (Å²) < 4.78 is 6.02. The highest BCUT2D eigenvalue weighted by Gasteiger charge is 2.29. The Morgan fingerprint density at radius 3 is 2.50 bits per heavy atom. The van der Waals surface area contributed by atoms with Gasteiger partial charge in [0.2, 0.25) is 0 Å². The summed E-state index contributed by atoms with van der Waals surface area (Å²) in [6, 6.07) is 0.0699. The van der Waals surface area contributed by atoms with Crippen molar-refractivity contribution < 1.29 is 4.43 Å². The van der Waals surface area contributed by atoms with Crippen LogP contribution < -0.4 is 0 Å². The fourth-order valence-electron chi connectivity index (χ4n) is 1.87. The lowest BCUT2D eigenvalue weighted by Crippen LogP contribution is -2.39. The highest BCUT2D eigenvalue weighted by atomic mass is 28.4. The summed E-state index contributed by atoms with van der Waals surface area (Å²) in [5.41, 5.74) is 8.45. The molecule has 0 bridgehead atoms. The van der Waals surface area contributed by atoms with Crippen molar-refractivity contribution in [3.63, 3.8) is 0 Å². The predicted molar refractivity (Wildman–Crippen MR) is 59.6 cm³/mol. The minimum atomic E-state index is -1.50. The molecule has 0 aromatic carbocycles. The number of azide groups is 1. The van der Waals surface area contributed by atoms with Crippen LogP contribution in [0.5, 0.6) is 0 Å². The molecule has 1 rings (SSSR count). The molecule has 1 fully saturated rings. The van der Waals surface area contributed by atoms with Gasteiger partial charge in [-0.05, 0) is 38.0 Å². The molecule has 0 radical (unpaired) electrons. The van der Waals surface area contributed by atoms with Gasteiger partial charge in [0.05, 0.1) is 12.1 Å². The van der Waals surface area contributed by atoms with Crippen LogP contribution in [0.2, 0.25) is 19.6 Å². The van der Waals surface area contributed by atoms with Gasteiger partial charge in [0, 0.05) is 4.91 Å². The molecule has 4 nitrogen and oxygen atoms in total. The third-order valence-corrected chi connectivity index (χ3v) is 3.38. The molecule has 0 aromatic heterocycles. The van der Waals surface area contributed by atoms with Gasteiger partial charge in [-0.15, -0.1) is 0 Å². The van der Waals surface area contributed by atoms with Crippen molar-refractivity contribution in [2.45, 2.75) is 57.5 Å². The average Bonchev–Trinajstić information content (AvgIpc) is 2.06. The molecular formula is C9H19N3OSi. The molecule has 0 amide bonds. The van der Waals surface area contributed by atoms with E-state index >= 15 is 0 Å². The molecule has 2 atom stereocenters. The van der Waals surface area contributed by atoms with Crippen LogP contribution in [0.1, 0.15) is 25.7 Å². The van der Waals surface area contributed by atoms with Crippen LogP contribution >= 0.6 is 0 Å². The van der Waals surface area contributed by atoms with Gasteiger partial charge in [0.15, 0.2) is 8.32 Å². The summed E-state index contributed by atoms with van der Waals surface area (Å²) in [6.45, 7) is 6.53. The highest BCUT2D eigenvalue weighted by Crippen LogP contribution is 2.26. The second-order valence-corrected chi connectivity index (χ2v) is 9.29. The topological polar surface area (TPSA) is 58.0 Å². The molecule has 0 aromatic rings. The largest absolute Gasteiger partial charge is 0.414 e. The molecule has 1 saturated carbocycles. The number of hydrogen-bond donors (Lipinski definition) is 0. The Morgan fingerprint density at radius 2 is 1.93 bits per heavy atom.